The van der Waals surface area contributed by atoms with Crippen LogP contribution in [0.25, 0.3) is 44.2 Å². The minimum absolute atomic E-state index is 0.0830. The Balaban J connectivity index is 1.23. The predicted octanol–water partition coefficient (Wildman–Crippen LogP) is 13.7. The van der Waals surface area contributed by atoms with Gasteiger partial charge in [-0.3, -0.25) is 0 Å². The Kier molecular flexibility index (Phi) is 6.55. The van der Waals surface area contributed by atoms with Gasteiger partial charge in [0.15, 0.2) is 0 Å². The summed E-state index contributed by atoms with van der Waals surface area (Å²) in [6, 6.07) is 69.0. The van der Waals surface area contributed by atoms with E-state index in [-0.39, 0.29) is 5.41 Å². The van der Waals surface area contributed by atoms with Gasteiger partial charge in [0.1, 0.15) is 11.2 Å². The van der Waals surface area contributed by atoms with Gasteiger partial charge in [0.2, 0.25) is 0 Å². The van der Waals surface area contributed by atoms with E-state index >= 15 is 0 Å². The van der Waals surface area contributed by atoms with Crippen molar-refractivity contribution < 1.29 is 4.42 Å². The summed E-state index contributed by atoms with van der Waals surface area (Å²) in [5, 5.41) is 2.22. The molecule has 54 heavy (non-hydrogen) atoms. The molecule has 2 aliphatic rings. The van der Waals surface area contributed by atoms with Crippen LogP contribution in [0.5, 0.6) is 0 Å². The highest BCUT2D eigenvalue weighted by Crippen LogP contribution is 2.58. The molecule has 0 fully saturated rings. The van der Waals surface area contributed by atoms with Crippen molar-refractivity contribution in [2.75, 3.05) is 4.90 Å². The summed E-state index contributed by atoms with van der Waals surface area (Å²) in [6.07, 6.45) is 0. The third-order valence-electron chi connectivity index (χ3n) is 12.1. The lowest BCUT2D eigenvalue weighted by Crippen LogP contribution is -2.28. The monoisotopic (exact) mass is 691 g/mol. The smallest absolute Gasteiger partial charge is 0.137 e. The Morgan fingerprint density at radius 2 is 0.963 bits per heavy atom. The van der Waals surface area contributed by atoms with Gasteiger partial charge in [0.05, 0.1) is 16.5 Å². The van der Waals surface area contributed by atoms with E-state index in [1.54, 1.807) is 0 Å². The number of fused-ring (bicyclic) bond motifs is 9. The van der Waals surface area contributed by atoms with E-state index < -0.39 is 5.41 Å². The molecule has 0 saturated carbocycles. The number of hydrogen-bond acceptors (Lipinski definition) is 2. The zero-order valence-corrected chi connectivity index (χ0v) is 30.3. The van der Waals surface area contributed by atoms with Crippen LogP contribution < -0.4 is 4.90 Å². The van der Waals surface area contributed by atoms with Crippen LogP contribution >= 0.6 is 0 Å². The van der Waals surface area contributed by atoms with Crippen molar-refractivity contribution in [3.05, 3.63) is 221 Å². The fourth-order valence-corrected chi connectivity index (χ4v) is 9.79. The Labute approximate surface area is 315 Å². The first-order valence-corrected chi connectivity index (χ1v) is 18.9. The summed E-state index contributed by atoms with van der Waals surface area (Å²) in [5.41, 5.74) is 17.4. The second-order valence-corrected chi connectivity index (χ2v) is 15.2. The van der Waals surface area contributed by atoms with E-state index in [0.29, 0.717) is 0 Å². The van der Waals surface area contributed by atoms with Gasteiger partial charge in [-0.15, -0.1) is 0 Å². The van der Waals surface area contributed by atoms with Crippen molar-refractivity contribution in [3.8, 4) is 22.3 Å². The normalized spacial score (nSPS) is 14.4. The highest BCUT2D eigenvalue weighted by Gasteiger charge is 2.46. The summed E-state index contributed by atoms with van der Waals surface area (Å²) in [7, 11) is 0. The minimum atomic E-state index is -0.509. The van der Waals surface area contributed by atoms with E-state index in [1.165, 1.54) is 55.6 Å². The van der Waals surface area contributed by atoms with Crippen molar-refractivity contribution in [1.82, 2.24) is 0 Å². The van der Waals surface area contributed by atoms with Gasteiger partial charge in [-0.25, -0.2) is 0 Å². The Morgan fingerprint density at radius 1 is 0.407 bits per heavy atom. The lowest BCUT2D eigenvalue weighted by molar-refractivity contribution is 0.660. The molecule has 0 N–H and O–H groups in total. The van der Waals surface area contributed by atoms with E-state index in [2.05, 4.69) is 201 Å². The minimum Gasteiger partial charge on any atom is -0.456 e. The van der Waals surface area contributed by atoms with E-state index in [4.69, 9.17) is 4.42 Å². The van der Waals surface area contributed by atoms with Crippen LogP contribution in [0.2, 0.25) is 0 Å². The highest BCUT2D eigenvalue weighted by atomic mass is 16.3. The van der Waals surface area contributed by atoms with Gasteiger partial charge >= 0.3 is 0 Å². The molecular formula is C52H37NO. The predicted molar refractivity (Wildman–Crippen MR) is 223 cm³/mol. The largest absolute Gasteiger partial charge is 0.456 e. The molecule has 1 aromatic heterocycles. The third kappa shape index (κ3) is 4.17. The number of para-hydroxylation sites is 1. The summed E-state index contributed by atoms with van der Waals surface area (Å²) >= 11 is 0. The first kappa shape index (κ1) is 30.9. The first-order chi connectivity index (χ1) is 26.5. The summed E-state index contributed by atoms with van der Waals surface area (Å²) in [6.45, 7) is 4.69. The van der Waals surface area contributed by atoms with Crippen molar-refractivity contribution in [2.45, 2.75) is 24.7 Å². The number of anilines is 3. The number of benzene rings is 8. The standard InChI is InChI=1S/C52H37NO/c1-51(2)43-23-12-9-21-39(43)42-32-36(29-31-44(42)51)53(47-25-15-27-49-50(47)41-22-11-14-26-48(41)54-49)37-28-30-40-38-20-10-13-24-45(38)52(46(40)33-37,34-16-5-3-6-17-34)35-18-7-4-8-19-35/h3-33H,1-2H3. The summed E-state index contributed by atoms with van der Waals surface area (Å²) in [4.78, 5) is 2.46. The molecular weight excluding hydrogens is 655 g/mol. The van der Waals surface area contributed by atoms with Gasteiger partial charge in [0.25, 0.3) is 0 Å². The van der Waals surface area contributed by atoms with Crippen LogP contribution in [-0.4, -0.2) is 0 Å². The molecule has 0 radical (unpaired) electrons. The maximum atomic E-state index is 6.50. The maximum absolute atomic E-state index is 6.50. The average Bonchev–Trinajstić information content (AvgIpc) is 3.83. The maximum Gasteiger partial charge on any atom is 0.137 e. The number of nitrogens with zero attached hydrogens (tertiary/aromatic N) is 1. The number of furan rings is 1. The Bertz CT molecular complexity index is 2880. The van der Waals surface area contributed by atoms with Crippen LogP contribution in [-0.2, 0) is 10.8 Å². The van der Waals surface area contributed by atoms with Crippen LogP contribution in [0, 0.1) is 0 Å². The zero-order valence-electron chi connectivity index (χ0n) is 30.3. The molecule has 1 heterocycles. The molecule has 0 atom stereocenters. The molecule has 0 unspecified atom stereocenters. The molecule has 2 heteroatoms. The summed E-state index contributed by atoms with van der Waals surface area (Å²) in [5.74, 6) is 0. The molecule has 0 amide bonds. The molecule has 9 aromatic rings. The van der Waals surface area contributed by atoms with Gasteiger partial charge in [-0.1, -0.05) is 159 Å². The highest BCUT2D eigenvalue weighted by molar-refractivity contribution is 6.13. The molecule has 2 nitrogen and oxygen atoms in total. The summed E-state index contributed by atoms with van der Waals surface area (Å²) < 4.78 is 6.50. The van der Waals surface area contributed by atoms with Gasteiger partial charge in [0, 0.05) is 22.2 Å². The second-order valence-electron chi connectivity index (χ2n) is 15.2. The lowest BCUT2D eigenvalue weighted by Gasteiger charge is -2.35. The molecule has 0 saturated heterocycles. The molecule has 2 aliphatic carbocycles. The van der Waals surface area contributed by atoms with E-state index in [1.807, 2.05) is 6.07 Å². The van der Waals surface area contributed by atoms with Crippen LogP contribution in [0.1, 0.15) is 47.2 Å². The topological polar surface area (TPSA) is 16.4 Å². The molecule has 0 bridgehead atoms. The zero-order chi connectivity index (χ0) is 36.0. The fraction of sp³-hybridized carbons (Fsp3) is 0.0769. The Morgan fingerprint density at radius 3 is 1.72 bits per heavy atom. The fourth-order valence-electron chi connectivity index (χ4n) is 9.79. The third-order valence-corrected chi connectivity index (χ3v) is 12.1. The van der Waals surface area contributed by atoms with Gasteiger partial charge in [-0.05, 0) is 98.1 Å². The van der Waals surface area contributed by atoms with Gasteiger partial charge < -0.3 is 9.32 Å². The van der Waals surface area contributed by atoms with Crippen LogP contribution in [0.4, 0.5) is 17.1 Å². The van der Waals surface area contributed by atoms with Crippen molar-refractivity contribution >= 4 is 39.0 Å². The molecule has 11 rings (SSSR count). The van der Waals surface area contributed by atoms with Crippen molar-refractivity contribution in [2.24, 2.45) is 0 Å². The first-order valence-electron chi connectivity index (χ1n) is 18.9. The quantitative estimate of drug-likeness (QED) is 0.179. The SMILES string of the molecule is CC1(C)c2ccccc2-c2cc(N(c3ccc4c(c3)C(c3ccccc3)(c3ccccc3)c3ccccc3-4)c3cccc4oc5ccccc5c34)ccc21. The molecule has 256 valence electrons. The van der Waals surface area contributed by atoms with Crippen LogP contribution in [0.3, 0.4) is 0 Å². The van der Waals surface area contributed by atoms with Gasteiger partial charge in [-0.2, -0.15) is 0 Å². The number of rotatable bonds is 5. The molecule has 8 aromatic carbocycles. The average molecular weight is 692 g/mol. The lowest BCUT2D eigenvalue weighted by atomic mass is 9.67. The Hall–Kier alpha value is -6.64. The second kappa shape index (κ2) is 11.4. The van der Waals surface area contributed by atoms with Crippen LogP contribution in [0.15, 0.2) is 192 Å². The number of hydrogen-bond donors (Lipinski definition) is 0. The molecule has 0 aliphatic heterocycles. The van der Waals surface area contributed by atoms with E-state index in [0.717, 1.165) is 39.0 Å². The van der Waals surface area contributed by atoms with E-state index in [9.17, 15) is 0 Å². The molecule has 0 spiro atoms. The van der Waals surface area contributed by atoms with Crippen molar-refractivity contribution in [1.29, 1.82) is 0 Å². The van der Waals surface area contributed by atoms with Crippen molar-refractivity contribution in [3.63, 3.8) is 0 Å².